The number of nitrogens with one attached hydrogen (secondary N) is 1. The Labute approximate surface area is 133 Å². The average molecular weight is 321 g/mol. The third kappa shape index (κ3) is 2.39. The van der Waals surface area contributed by atoms with E-state index in [-0.39, 0.29) is 29.7 Å². The zero-order chi connectivity index (χ0) is 15.9. The summed E-state index contributed by atoms with van der Waals surface area (Å²) in [5, 5.41) is 4.51. The smallest absolute Gasteiger partial charge is 0.263 e. The molecule has 0 unspecified atom stereocenters. The SMILES string of the molecule is CNC(=O)[C@@H]1C[C@H]2CN(C(=O)c3cccs3)C[C@H]2N1C(C)=O. The molecule has 0 radical (unpaired) electrons. The van der Waals surface area contributed by atoms with Crippen molar-refractivity contribution in [3.05, 3.63) is 22.4 Å². The number of fused-ring (bicyclic) bond motifs is 1. The van der Waals surface area contributed by atoms with Crippen molar-refractivity contribution < 1.29 is 14.4 Å². The lowest BCUT2D eigenvalue weighted by molar-refractivity contribution is -0.138. The number of likely N-dealkylation sites (tertiary alicyclic amines) is 2. The summed E-state index contributed by atoms with van der Waals surface area (Å²) in [4.78, 5) is 40.6. The zero-order valence-electron chi connectivity index (χ0n) is 12.6. The van der Waals surface area contributed by atoms with Crippen LogP contribution in [-0.4, -0.2) is 59.7 Å². The molecule has 1 N–H and O–H groups in total. The molecular formula is C15H19N3O3S. The molecule has 1 aromatic heterocycles. The van der Waals surface area contributed by atoms with Crippen LogP contribution in [0.15, 0.2) is 17.5 Å². The summed E-state index contributed by atoms with van der Waals surface area (Å²) in [7, 11) is 1.58. The Hall–Kier alpha value is -1.89. The van der Waals surface area contributed by atoms with Crippen molar-refractivity contribution in [1.29, 1.82) is 0 Å². The molecule has 1 aromatic rings. The van der Waals surface area contributed by atoms with Crippen LogP contribution in [0.1, 0.15) is 23.0 Å². The van der Waals surface area contributed by atoms with Crippen molar-refractivity contribution in [3.8, 4) is 0 Å². The second-order valence-corrected chi connectivity index (χ2v) is 6.75. The van der Waals surface area contributed by atoms with Crippen LogP contribution in [0.5, 0.6) is 0 Å². The van der Waals surface area contributed by atoms with Gasteiger partial charge < -0.3 is 15.1 Å². The molecule has 3 amide bonds. The van der Waals surface area contributed by atoms with Gasteiger partial charge in [0.25, 0.3) is 5.91 Å². The van der Waals surface area contributed by atoms with E-state index in [4.69, 9.17) is 0 Å². The fraction of sp³-hybridized carbons (Fsp3) is 0.533. The van der Waals surface area contributed by atoms with Gasteiger partial charge in [-0.15, -0.1) is 11.3 Å². The minimum Gasteiger partial charge on any atom is -0.357 e. The third-order valence-electron chi connectivity index (χ3n) is 4.56. The molecule has 2 aliphatic heterocycles. The van der Waals surface area contributed by atoms with E-state index in [0.29, 0.717) is 19.5 Å². The summed E-state index contributed by atoms with van der Waals surface area (Å²) in [6.45, 7) is 2.61. The maximum Gasteiger partial charge on any atom is 0.263 e. The first-order valence-corrected chi connectivity index (χ1v) is 8.24. The van der Waals surface area contributed by atoms with Gasteiger partial charge in [-0.2, -0.15) is 0 Å². The van der Waals surface area contributed by atoms with Crippen LogP contribution in [0.3, 0.4) is 0 Å². The minimum atomic E-state index is -0.406. The molecule has 0 aliphatic carbocycles. The van der Waals surface area contributed by atoms with E-state index < -0.39 is 6.04 Å². The largest absolute Gasteiger partial charge is 0.357 e. The van der Waals surface area contributed by atoms with Crippen LogP contribution in [0, 0.1) is 5.92 Å². The van der Waals surface area contributed by atoms with Crippen LogP contribution in [-0.2, 0) is 9.59 Å². The van der Waals surface area contributed by atoms with Gasteiger partial charge in [0.15, 0.2) is 0 Å². The van der Waals surface area contributed by atoms with Gasteiger partial charge in [-0.1, -0.05) is 6.07 Å². The van der Waals surface area contributed by atoms with Crippen LogP contribution in [0.2, 0.25) is 0 Å². The standard InChI is InChI=1S/C15H19N3O3S/c1-9(19)18-11(14(20)16-2)6-10-7-17(8-12(10)18)15(21)13-4-3-5-22-13/h3-5,10-12H,6-8H2,1-2H3,(H,16,20)/t10-,11-,12+/m0/s1. The predicted molar refractivity (Wildman–Crippen MR) is 82.5 cm³/mol. The topological polar surface area (TPSA) is 69.7 Å². The van der Waals surface area contributed by atoms with Crippen molar-refractivity contribution in [2.24, 2.45) is 5.92 Å². The van der Waals surface area contributed by atoms with Gasteiger partial charge in [-0.25, -0.2) is 0 Å². The Morgan fingerprint density at radius 1 is 1.32 bits per heavy atom. The maximum absolute atomic E-state index is 12.4. The first-order chi connectivity index (χ1) is 10.5. The van der Waals surface area contributed by atoms with E-state index in [0.717, 1.165) is 4.88 Å². The molecule has 3 heterocycles. The molecule has 0 bridgehead atoms. The lowest BCUT2D eigenvalue weighted by Gasteiger charge is -2.28. The number of carbonyl (C=O) groups is 3. The van der Waals surface area contributed by atoms with Gasteiger partial charge in [-0.3, -0.25) is 14.4 Å². The number of hydrogen-bond donors (Lipinski definition) is 1. The molecule has 0 saturated carbocycles. The minimum absolute atomic E-state index is 0.0180. The maximum atomic E-state index is 12.4. The molecule has 3 atom stereocenters. The van der Waals surface area contributed by atoms with E-state index in [1.807, 2.05) is 17.5 Å². The number of carbonyl (C=O) groups excluding carboxylic acids is 3. The first kappa shape index (κ1) is 15.0. The van der Waals surface area contributed by atoms with Crippen molar-refractivity contribution in [1.82, 2.24) is 15.1 Å². The van der Waals surface area contributed by atoms with Gasteiger partial charge in [-0.05, 0) is 17.9 Å². The fourth-order valence-electron chi connectivity index (χ4n) is 3.61. The van der Waals surface area contributed by atoms with Crippen molar-refractivity contribution in [3.63, 3.8) is 0 Å². The first-order valence-electron chi connectivity index (χ1n) is 7.36. The fourth-order valence-corrected chi connectivity index (χ4v) is 4.30. The molecule has 2 fully saturated rings. The van der Waals surface area contributed by atoms with Crippen LogP contribution < -0.4 is 5.32 Å². The van der Waals surface area contributed by atoms with Crippen LogP contribution >= 0.6 is 11.3 Å². The molecule has 0 aromatic carbocycles. The second kappa shape index (κ2) is 5.72. The quantitative estimate of drug-likeness (QED) is 0.865. The summed E-state index contributed by atoms with van der Waals surface area (Å²) in [5.74, 6) is -0.0354. The van der Waals surface area contributed by atoms with Crippen molar-refractivity contribution in [2.75, 3.05) is 20.1 Å². The van der Waals surface area contributed by atoms with Gasteiger partial charge in [0.2, 0.25) is 11.8 Å². The summed E-state index contributed by atoms with van der Waals surface area (Å²) < 4.78 is 0. The Bertz CT molecular complexity index is 601. The van der Waals surface area contributed by atoms with E-state index >= 15 is 0 Å². The Morgan fingerprint density at radius 3 is 2.68 bits per heavy atom. The number of hydrogen-bond acceptors (Lipinski definition) is 4. The molecule has 6 nitrogen and oxygen atoms in total. The number of nitrogens with zero attached hydrogens (tertiary/aromatic N) is 2. The van der Waals surface area contributed by atoms with Gasteiger partial charge in [0, 0.05) is 33.0 Å². The highest BCUT2D eigenvalue weighted by atomic mass is 32.1. The molecule has 2 aliphatic rings. The van der Waals surface area contributed by atoms with Crippen LogP contribution in [0.25, 0.3) is 0 Å². The molecule has 118 valence electrons. The second-order valence-electron chi connectivity index (χ2n) is 5.81. The van der Waals surface area contributed by atoms with Gasteiger partial charge in [0.05, 0.1) is 10.9 Å². The van der Waals surface area contributed by atoms with Crippen molar-refractivity contribution >= 4 is 29.1 Å². The Balaban J connectivity index is 1.76. The molecule has 0 spiro atoms. The molecule has 2 saturated heterocycles. The monoisotopic (exact) mass is 321 g/mol. The van der Waals surface area contributed by atoms with Crippen LogP contribution in [0.4, 0.5) is 0 Å². The van der Waals surface area contributed by atoms with Gasteiger partial charge >= 0.3 is 0 Å². The number of thiophene rings is 1. The van der Waals surface area contributed by atoms with E-state index in [1.165, 1.54) is 18.3 Å². The van der Waals surface area contributed by atoms with E-state index in [2.05, 4.69) is 5.32 Å². The van der Waals surface area contributed by atoms with E-state index in [9.17, 15) is 14.4 Å². The highest BCUT2D eigenvalue weighted by Crippen LogP contribution is 2.36. The normalized spacial score (nSPS) is 26.9. The molecule has 3 rings (SSSR count). The van der Waals surface area contributed by atoms with E-state index in [1.54, 1.807) is 16.8 Å². The third-order valence-corrected chi connectivity index (χ3v) is 5.42. The molecule has 7 heteroatoms. The molecular weight excluding hydrogens is 302 g/mol. The highest BCUT2D eigenvalue weighted by Gasteiger charge is 2.50. The van der Waals surface area contributed by atoms with Gasteiger partial charge in [0.1, 0.15) is 6.04 Å². The number of likely N-dealkylation sites (N-methyl/N-ethyl adjacent to an activating group) is 1. The Kier molecular flexibility index (Phi) is 3.90. The zero-order valence-corrected chi connectivity index (χ0v) is 13.4. The lowest BCUT2D eigenvalue weighted by atomic mass is 10.0. The average Bonchev–Trinajstić information content (AvgIpc) is 3.19. The molecule has 22 heavy (non-hydrogen) atoms. The summed E-state index contributed by atoms with van der Waals surface area (Å²) in [5.41, 5.74) is 0. The number of amides is 3. The summed E-state index contributed by atoms with van der Waals surface area (Å²) in [6.07, 6.45) is 0.623. The summed E-state index contributed by atoms with van der Waals surface area (Å²) in [6, 6.07) is 3.22. The Morgan fingerprint density at radius 2 is 2.09 bits per heavy atom. The predicted octanol–water partition coefficient (Wildman–Crippen LogP) is 0.555. The highest BCUT2D eigenvalue weighted by molar-refractivity contribution is 7.12. The van der Waals surface area contributed by atoms with Crippen molar-refractivity contribution in [2.45, 2.75) is 25.4 Å². The lowest BCUT2D eigenvalue weighted by Crippen LogP contribution is -2.49. The number of rotatable bonds is 2. The summed E-state index contributed by atoms with van der Waals surface area (Å²) >= 11 is 1.43.